The minimum Gasteiger partial charge on any atom is -0.374 e. The highest BCUT2D eigenvalue weighted by Crippen LogP contribution is 2.32. The molecule has 5 nitrogen and oxygen atoms in total. The Morgan fingerprint density at radius 3 is 3.00 bits per heavy atom. The Morgan fingerprint density at radius 2 is 2.29 bits per heavy atom. The lowest BCUT2D eigenvalue weighted by Crippen LogP contribution is -2.48. The fourth-order valence-electron chi connectivity index (χ4n) is 2.22. The van der Waals surface area contributed by atoms with Crippen molar-refractivity contribution < 1.29 is 9.53 Å². The van der Waals surface area contributed by atoms with Crippen molar-refractivity contribution in [3.63, 3.8) is 0 Å². The zero-order chi connectivity index (χ0) is 15.4. The summed E-state index contributed by atoms with van der Waals surface area (Å²) in [6.07, 6.45) is -0.0160. The second-order valence-electron chi connectivity index (χ2n) is 5.07. The number of nitrogens with one attached hydrogen (secondary N) is 1. The molecule has 1 aromatic rings. The van der Waals surface area contributed by atoms with Crippen LogP contribution in [-0.4, -0.2) is 49.7 Å². The fourth-order valence-corrected chi connectivity index (χ4v) is 2.69. The predicted molar refractivity (Wildman–Crippen MR) is 85.1 cm³/mol. The normalized spacial score (nSPS) is 19.5. The van der Waals surface area contributed by atoms with Crippen LogP contribution in [-0.2, 0) is 9.53 Å². The van der Waals surface area contributed by atoms with Gasteiger partial charge in [-0.15, -0.1) is 0 Å². The number of anilines is 1. The van der Waals surface area contributed by atoms with E-state index in [0.717, 1.165) is 5.56 Å². The van der Waals surface area contributed by atoms with Crippen LogP contribution in [0.4, 0.5) is 5.69 Å². The van der Waals surface area contributed by atoms with Gasteiger partial charge in [-0.25, -0.2) is 0 Å². The molecular weight excluding hydrogens is 313 g/mol. The van der Waals surface area contributed by atoms with Gasteiger partial charge >= 0.3 is 0 Å². The Labute approximate surface area is 134 Å². The van der Waals surface area contributed by atoms with Crippen LogP contribution in [0.1, 0.15) is 5.56 Å². The van der Waals surface area contributed by atoms with Gasteiger partial charge in [0.05, 0.1) is 35.0 Å². The number of benzene rings is 1. The van der Waals surface area contributed by atoms with Crippen molar-refractivity contribution in [3.8, 4) is 0 Å². The van der Waals surface area contributed by atoms with Gasteiger partial charge in [-0.3, -0.25) is 9.69 Å². The largest absolute Gasteiger partial charge is 0.374 e. The highest BCUT2D eigenvalue weighted by molar-refractivity contribution is 6.40. The first kappa shape index (κ1) is 16.5. The highest BCUT2D eigenvalue weighted by Gasteiger charge is 2.21. The van der Waals surface area contributed by atoms with Crippen LogP contribution in [0.25, 0.3) is 0 Å². The summed E-state index contributed by atoms with van der Waals surface area (Å²) in [6, 6.07) is 3.53. The Balaban J connectivity index is 1.97. The lowest BCUT2D eigenvalue weighted by Gasteiger charge is -2.31. The SMILES string of the molecule is Cc1ccc(Cl)c(NC(=O)CN2CCOC(CN)C2)c1Cl. The summed E-state index contributed by atoms with van der Waals surface area (Å²) in [7, 11) is 0. The lowest BCUT2D eigenvalue weighted by atomic mass is 10.2. The highest BCUT2D eigenvalue weighted by atomic mass is 35.5. The molecule has 0 aliphatic carbocycles. The number of halogens is 2. The molecule has 0 saturated carbocycles. The van der Waals surface area contributed by atoms with E-state index in [1.165, 1.54) is 0 Å². The van der Waals surface area contributed by atoms with Crippen LogP contribution in [0.3, 0.4) is 0 Å². The van der Waals surface area contributed by atoms with Crippen LogP contribution in [0.2, 0.25) is 10.0 Å². The van der Waals surface area contributed by atoms with Gasteiger partial charge < -0.3 is 15.8 Å². The maximum absolute atomic E-state index is 12.1. The van der Waals surface area contributed by atoms with Gasteiger partial charge in [0.25, 0.3) is 0 Å². The first-order valence-electron chi connectivity index (χ1n) is 6.79. The molecular formula is C14H19Cl2N3O2. The van der Waals surface area contributed by atoms with Crippen molar-refractivity contribution >= 4 is 34.8 Å². The number of ether oxygens (including phenoxy) is 1. The molecule has 1 fully saturated rings. The molecule has 1 aliphatic rings. The monoisotopic (exact) mass is 331 g/mol. The number of aryl methyl sites for hydroxylation is 1. The van der Waals surface area contributed by atoms with Crippen LogP contribution in [0, 0.1) is 6.92 Å². The standard InChI is InChI=1S/C14H19Cl2N3O2/c1-9-2-3-11(15)14(13(9)16)18-12(20)8-19-4-5-21-10(6-17)7-19/h2-3,10H,4-8,17H2,1H3,(H,18,20). The Morgan fingerprint density at radius 1 is 1.52 bits per heavy atom. The summed E-state index contributed by atoms with van der Waals surface area (Å²) in [5.41, 5.74) is 6.92. The Bertz CT molecular complexity index is 525. The summed E-state index contributed by atoms with van der Waals surface area (Å²) in [6.45, 7) is 4.52. The van der Waals surface area contributed by atoms with Gasteiger partial charge in [0, 0.05) is 19.6 Å². The van der Waals surface area contributed by atoms with Gasteiger partial charge in [-0.2, -0.15) is 0 Å². The quantitative estimate of drug-likeness (QED) is 0.884. The summed E-state index contributed by atoms with van der Waals surface area (Å²) in [5, 5.41) is 3.68. The summed E-state index contributed by atoms with van der Waals surface area (Å²) >= 11 is 12.3. The van der Waals surface area contributed by atoms with E-state index in [0.29, 0.717) is 42.0 Å². The third-order valence-electron chi connectivity index (χ3n) is 3.40. The molecule has 1 atom stereocenters. The third-order valence-corrected chi connectivity index (χ3v) is 4.20. The number of rotatable bonds is 4. The topological polar surface area (TPSA) is 67.6 Å². The van der Waals surface area contributed by atoms with E-state index in [-0.39, 0.29) is 18.6 Å². The molecule has 116 valence electrons. The number of carbonyl (C=O) groups excluding carboxylic acids is 1. The van der Waals surface area contributed by atoms with Gasteiger partial charge in [-0.05, 0) is 18.6 Å². The van der Waals surface area contributed by atoms with Crippen LogP contribution >= 0.6 is 23.2 Å². The van der Waals surface area contributed by atoms with Gasteiger partial charge in [-0.1, -0.05) is 29.3 Å². The van der Waals surface area contributed by atoms with Gasteiger partial charge in [0.1, 0.15) is 0 Å². The third kappa shape index (κ3) is 4.31. The maximum atomic E-state index is 12.1. The average molecular weight is 332 g/mol. The molecule has 3 N–H and O–H groups in total. The van der Waals surface area contributed by atoms with E-state index in [2.05, 4.69) is 5.32 Å². The molecule has 21 heavy (non-hydrogen) atoms. The number of amides is 1. The number of hydrogen-bond donors (Lipinski definition) is 2. The van der Waals surface area contributed by atoms with E-state index in [1.54, 1.807) is 6.07 Å². The molecule has 0 aromatic heterocycles. The molecule has 1 amide bonds. The Hall–Kier alpha value is -0.850. The molecule has 1 unspecified atom stereocenters. The van der Waals surface area contributed by atoms with Crippen molar-refractivity contribution in [2.45, 2.75) is 13.0 Å². The fraction of sp³-hybridized carbons (Fsp3) is 0.500. The van der Waals surface area contributed by atoms with Crippen molar-refractivity contribution in [1.29, 1.82) is 0 Å². The van der Waals surface area contributed by atoms with Gasteiger partial charge in [0.2, 0.25) is 5.91 Å². The van der Waals surface area contributed by atoms with E-state index in [1.807, 2.05) is 17.9 Å². The minimum atomic E-state index is -0.151. The molecule has 2 rings (SSSR count). The first-order chi connectivity index (χ1) is 10.0. The Kier molecular flexibility index (Phi) is 5.84. The summed E-state index contributed by atoms with van der Waals surface area (Å²) < 4.78 is 5.47. The molecule has 0 radical (unpaired) electrons. The molecule has 1 aromatic carbocycles. The maximum Gasteiger partial charge on any atom is 0.238 e. The lowest BCUT2D eigenvalue weighted by molar-refractivity contribution is -0.119. The predicted octanol–water partition coefficient (Wildman–Crippen LogP) is 1.90. The number of nitrogens with zero attached hydrogens (tertiary/aromatic N) is 1. The molecule has 0 spiro atoms. The van der Waals surface area contributed by atoms with E-state index in [4.69, 9.17) is 33.7 Å². The smallest absolute Gasteiger partial charge is 0.238 e. The van der Waals surface area contributed by atoms with Crippen LogP contribution in [0.5, 0.6) is 0 Å². The summed E-state index contributed by atoms with van der Waals surface area (Å²) in [4.78, 5) is 14.2. The minimum absolute atomic E-state index is 0.0160. The average Bonchev–Trinajstić information content (AvgIpc) is 2.48. The number of hydrogen-bond acceptors (Lipinski definition) is 4. The van der Waals surface area contributed by atoms with E-state index < -0.39 is 0 Å². The first-order valence-corrected chi connectivity index (χ1v) is 7.55. The van der Waals surface area contributed by atoms with Crippen LogP contribution in [0.15, 0.2) is 12.1 Å². The molecule has 1 saturated heterocycles. The zero-order valence-corrected chi connectivity index (χ0v) is 13.4. The molecule has 7 heteroatoms. The summed E-state index contributed by atoms with van der Waals surface area (Å²) in [5.74, 6) is -0.151. The molecule has 1 heterocycles. The van der Waals surface area contributed by atoms with Gasteiger partial charge in [0.15, 0.2) is 0 Å². The number of morpholine rings is 1. The van der Waals surface area contributed by atoms with E-state index in [9.17, 15) is 4.79 Å². The molecule has 1 aliphatic heterocycles. The molecule has 0 bridgehead atoms. The van der Waals surface area contributed by atoms with Crippen molar-refractivity contribution in [3.05, 3.63) is 27.7 Å². The van der Waals surface area contributed by atoms with Crippen molar-refractivity contribution in [2.75, 3.05) is 38.1 Å². The second-order valence-corrected chi connectivity index (χ2v) is 5.85. The van der Waals surface area contributed by atoms with Crippen LogP contribution < -0.4 is 11.1 Å². The number of carbonyl (C=O) groups is 1. The van der Waals surface area contributed by atoms with Crippen molar-refractivity contribution in [1.82, 2.24) is 4.90 Å². The second kappa shape index (κ2) is 7.42. The number of nitrogens with two attached hydrogens (primary N) is 1. The zero-order valence-electron chi connectivity index (χ0n) is 11.9. The van der Waals surface area contributed by atoms with Crippen molar-refractivity contribution in [2.24, 2.45) is 5.73 Å². The van der Waals surface area contributed by atoms with E-state index >= 15 is 0 Å².